The average Bonchev–Trinajstić information content (AvgIpc) is 3.22. The minimum atomic E-state index is -2.25. The standard InChI is InChI=1S/C20H34N6O5Si.BH4.Na/c1-10(2)16(28)24-19-23-15-13(17(29)25-19)22-9-26(15)18-14(12(21)11(8-27)30-18)31-32(6,7)20(3,4)5;;/h9-12,14,18,27H,8,21H2,1-7H3,(H2,23,24,25,28,29);1H4;/q;-1;+1/t11-,12+,14+,18-;;/m1../s1. The summed E-state index contributed by atoms with van der Waals surface area (Å²) in [5, 5.41) is 12.3. The number of aromatic amines is 1. The number of imidazole rings is 1. The van der Waals surface area contributed by atoms with E-state index in [1.165, 1.54) is 6.33 Å². The van der Waals surface area contributed by atoms with E-state index in [1.807, 2.05) is 0 Å². The number of ether oxygens (including phenoxy) is 1. The molecule has 0 saturated carbocycles. The number of hydrogen-bond donors (Lipinski definition) is 4. The molecular weight excluding hydrogens is 466 g/mol. The quantitative estimate of drug-likeness (QED) is 0.301. The summed E-state index contributed by atoms with van der Waals surface area (Å²) in [4.78, 5) is 35.8. The molecular formula is C20H38BN6NaO5Si. The van der Waals surface area contributed by atoms with Gasteiger partial charge in [0.15, 0.2) is 25.7 Å². The fourth-order valence-electron chi connectivity index (χ4n) is 3.22. The van der Waals surface area contributed by atoms with Crippen molar-refractivity contribution in [3.8, 4) is 0 Å². The van der Waals surface area contributed by atoms with E-state index in [9.17, 15) is 14.7 Å². The van der Waals surface area contributed by atoms with Crippen molar-refractivity contribution in [2.45, 2.75) is 77.2 Å². The number of carbonyl (C=O) groups excluding carboxylic acids is 1. The van der Waals surface area contributed by atoms with Crippen LogP contribution in [0.3, 0.4) is 0 Å². The van der Waals surface area contributed by atoms with E-state index in [1.54, 1.807) is 18.4 Å². The molecule has 1 amide bonds. The third kappa shape index (κ3) is 6.01. The number of hydrogen-bond acceptors (Lipinski definition) is 8. The number of amides is 1. The number of aliphatic hydroxyl groups is 1. The van der Waals surface area contributed by atoms with Crippen molar-refractivity contribution < 1.29 is 48.6 Å². The number of anilines is 1. The van der Waals surface area contributed by atoms with Gasteiger partial charge in [0.25, 0.3) is 5.56 Å². The van der Waals surface area contributed by atoms with E-state index in [0.29, 0.717) is 0 Å². The molecule has 14 heteroatoms. The Morgan fingerprint density at radius 3 is 2.56 bits per heavy atom. The Kier molecular flexibility index (Phi) is 10.3. The predicted molar refractivity (Wildman–Crippen MR) is 134 cm³/mol. The van der Waals surface area contributed by atoms with Gasteiger partial charge in [0, 0.05) is 5.92 Å². The molecule has 0 bridgehead atoms. The van der Waals surface area contributed by atoms with Gasteiger partial charge >= 0.3 is 29.6 Å². The Balaban J connectivity index is 0.00000289. The summed E-state index contributed by atoms with van der Waals surface area (Å²) in [5.74, 6) is -0.548. The Bertz CT molecular complexity index is 1060. The summed E-state index contributed by atoms with van der Waals surface area (Å²) in [6, 6.07) is -0.585. The molecule has 1 fully saturated rings. The Labute approximate surface area is 224 Å². The number of nitrogens with two attached hydrogens (primary N) is 1. The third-order valence-corrected chi connectivity index (χ3v) is 10.8. The van der Waals surface area contributed by atoms with Crippen LogP contribution in [-0.4, -0.2) is 72.1 Å². The summed E-state index contributed by atoms with van der Waals surface area (Å²) in [5.41, 5.74) is 6.26. The van der Waals surface area contributed by atoms with Crippen molar-refractivity contribution in [3.05, 3.63) is 16.7 Å². The fraction of sp³-hybridized carbons (Fsp3) is 0.700. The SMILES string of the molecule is CC(C)C(=O)Nc1nc2c(ncn2[C@@H]2O[C@H](CO)[C@H](N)[C@@H]2O[Si](C)(C)C(C)(C)C)c(=O)[nH]1.[BH4-].[Na+]. The maximum absolute atomic E-state index is 12.6. The maximum atomic E-state index is 12.6. The second-order valence-corrected chi connectivity index (χ2v) is 14.8. The van der Waals surface area contributed by atoms with E-state index in [-0.39, 0.29) is 78.6 Å². The number of aliphatic hydroxyl groups excluding tert-OH is 1. The van der Waals surface area contributed by atoms with Crippen molar-refractivity contribution in [1.29, 1.82) is 0 Å². The molecule has 1 saturated heterocycles. The van der Waals surface area contributed by atoms with E-state index in [4.69, 9.17) is 14.9 Å². The van der Waals surface area contributed by atoms with Crippen LogP contribution in [-0.2, 0) is 14.0 Å². The summed E-state index contributed by atoms with van der Waals surface area (Å²) < 4.78 is 14.2. The van der Waals surface area contributed by atoms with Crippen LogP contribution < -0.4 is 46.2 Å². The Morgan fingerprint density at radius 1 is 1.41 bits per heavy atom. The number of carbonyl (C=O) groups is 1. The number of fused-ring (bicyclic) bond motifs is 1. The van der Waals surface area contributed by atoms with Crippen molar-refractivity contribution in [2.24, 2.45) is 11.7 Å². The number of nitrogens with one attached hydrogen (secondary N) is 2. The van der Waals surface area contributed by atoms with Gasteiger partial charge in [-0.05, 0) is 18.1 Å². The zero-order valence-electron chi connectivity index (χ0n) is 20.7. The van der Waals surface area contributed by atoms with E-state index >= 15 is 0 Å². The molecule has 11 nitrogen and oxygen atoms in total. The predicted octanol–water partition coefficient (Wildman–Crippen LogP) is -3.13. The molecule has 0 spiro atoms. The maximum Gasteiger partial charge on any atom is 1.00 e. The first-order chi connectivity index (χ1) is 14.8. The molecule has 0 aliphatic carbocycles. The van der Waals surface area contributed by atoms with Crippen LogP contribution in [0.15, 0.2) is 11.1 Å². The second-order valence-electron chi connectivity index (χ2n) is 10.1. The summed E-state index contributed by atoms with van der Waals surface area (Å²) in [6.45, 7) is 13.8. The minimum absolute atomic E-state index is 0. The molecule has 2 aromatic heterocycles. The third-order valence-electron chi connectivity index (χ3n) is 6.29. The van der Waals surface area contributed by atoms with Crippen LogP contribution in [0.5, 0.6) is 0 Å². The van der Waals surface area contributed by atoms with Gasteiger partial charge in [-0.15, -0.1) is 0 Å². The second kappa shape index (κ2) is 11.3. The van der Waals surface area contributed by atoms with Crippen molar-refractivity contribution in [2.75, 3.05) is 11.9 Å². The van der Waals surface area contributed by atoms with Gasteiger partial charge in [-0.25, -0.2) is 4.98 Å². The molecule has 186 valence electrons. The smallest absolute Gasteiger partial charge is 0.408 e. The van der Waals surface area contributed by atoms with Gasteiger partial charge in [-0.3, -0.25) is 24.5 Å². The minimum Gasteiger partial charge on any atom is -0.408 e. The van der Waals surface area contributed by atoms with Gasteiger partial charge in [-0.2, -0.15) is 4.98 Å². The zero-order chi connectivity index (χ0) is 24.0. The molecule has 1 aliphatic heterocycles. The van der Waals surface area contributed by atoms with Gasteiger partial charge in [0.1, 0.15) is 12.2 Å². The molecule has 2 aromatic rings. The number of rotatable bonds is 6. The van der Waals surface area contributed by atoms with Crippen LogP contribution >= 0.6 is 0 Å². The Morgan fingerprint density at radius 2 is 2.03 bits per heavy atom. The monoisotopic (exact) mass is 504 g/mol. The molecule has 5 N–H and O–H groups in total. The van der Waals surface area contributed by atoms with Crippen LogP contribution in [0, 0.1) is 5.92 Å². The molecule has 34 heavy (non-hydrogen) atoms. The zero-order valence-corrected chi connectivity index (χ0v) is 23.7. The van der Waals surface area contributed by atoms with E-state index < -0.39 is 38.4 Å². The first kappa shape index (κ1) is 31.0. The summed E-state index contributed by atoms with van der Waals surface area (Å²) in [7, 11) is -2.25. The molecule has 0 aromatic carbocycles. The summed E-state index contributed by atoms with van der Waals surface area (Å²) in [6.07, 6.45) is -0.529. The number of nitrogens with zero attached hydrogens (tertiary/aromatic N) is 3. The number of aromatic nitrogens is 4. The normalized spacial score (nSPS) is 23.0. The van der Waals surface area contributed by atoms with Crippen molar-refractivity contribution in [1.82, 2.24) is 19.5 Å². The molecule has 3 rings (SSSR count). The van der Waals surface area contributed by atoms with Gasteiger partial charge in [0.05, 0.1) is 19.0 Å². The van der Waals surface area contributed by atoms with E-state index in [0.717, 1.165) is 0 Å². The van der Waals surface area contributed by atoms with Crippen molar-refractivity contribution in [3.63, 3.8) is 0 Å². The van der Waals surface area contributed by atoms with Gasteiger partial charge in [0.2, 0.25) is 11.9 Å². The molecule has 0 unspecified atom stereocenters. The Hall–Kier alpha value is -1.06. The van der Waals surface area contributed by atoms with E-state index in [2.05, 4.69) is 54.1 Å². The molecule has 4 atom stereocenters. The summed E-state index contributed by atoms with van der Waals surface area (Å²) >= 11 is 0. The fourth-order valence-corrected chi connectivity index (χ4v) is 4.53. The topological polar surface area (TPSA) is 157 Å². The molecule has 3 heterocycles. The number of H-pyrrole nitrogens is 1. The average molecular weight is 504 g/mol. The van der Waals surface area contributed by atoms with Crippen LogP contribution in [0.25, 0.3) is 11.2 Å². The van der Waals surface area contributed by atoms with Gasteiger partial charge in [-0.1, -0.05) is 43.0 Å². The first-order valence-electron chi connectivity index (χ1n) is 10.7. The van der Waals surface area contributed by atoms with Crippen LogP contribution in [0.2, 0.25) is 18.1 Å². The van der Waals surface area contributed by atoms with Gasteiger partial charge < -0.3 is 20.0 Å². The van der Waals surface area contributed by atoms with Crippen LogP contribution in [0.1, 0.15) is 40.8 Å². The van der Waals surface area contributed by atoms with Crippen molar-refractivity contribution >= 4 is 39.7 Å². The molecule has 0 radical (unpaired) electrons. The molecule has 1 aliphatic rings. The largest absolute Gasteiger partial charge is 1.00 e. The van der Waals surface area contributed by atoms with Crippen LogP contribution in [0.4, 0.5) is 5.95 Å². The first-order valence-corrected chi connectivity index (χ1v) is 13.6.